The molecule has 12 heteroatoms. The summed E-state index contributed by atoms with van der Waals surface area (Å²) in [4.78, 5) is 19.5. The summed E-state index contributed by atoms with van der Waals surface area (Å²) in [5.41, 5.74) is 0.475. The van der Waals surface area contributed by atoms with Crippen LogP contribution in [0.1, 0.15) is 41.1 Å². The molecule has 1 saturated heterocycles. The number of nitrogens with zero attached hydrogens (tertiary/aromatic N) is 3. The molecule has 1 aromatic heterocycles. The first kappa shape index (κ1) is 24.5. The quantitative estimate of drug-likeness (QED) is 0.650. The van der Waals surface area contributed by atoms with Gasteiger partial charge in [0.25, 0.3) is 5.91 Å². The highest BCUT2D eigenvalue weighted by Crippen LogP contribution is 2.30. The molecule has 3 rings (SSSR count). The summed E-state index contributed by atoms with van der Waals surface area (Å²) in [6.07, 6.45) is -4.85. The average molecular weight is 492 g/mol. The van der Waals surface area contributed by atoms with Crippen molar-refractivity contribution in [3.8, 4) is 5.75 Å². The molecular formula is C20H24F3N3O4S2. The van der Waals surface area contributed by atoms with Crippen molar-refractivity contribution in [2.75, 3.05) is 26.2 Å². The molecule has 0 bridgehead atoms. The Balaban J connectivity index is 1.67. The van der Waals surface area contributed by atoms with Crippen molar-refractivity contribution in [3.05, 3.63) is 39.8 Å². The number of benzene rings is 1. The molecule has 1 aliphatic rings. The summed E-state index contributed by atoms with van der Waals surface area (Å²) in [6, 6.07) is 4.06. The lowest BCUT2D eigenvalue weighted by molar-refractivity contribution is -0.274. The monoisotopic (exact) mass is 491 g/mol. The number of sulfonamides is 1. The molecule has 0 atom stereocenters. The predicted octanol–water partition coefficient (Wildman–Crippen LogP) is 3.79. The SMILES string of the molecule is Cc1nc(C(C)(C)C)sc1C(=O)N1CCN(S(=O)(=O)c2ccc(OC(F)(F)F)cc2)CC1. The van der Waals surface area contributed by atoms with Crippen molar-refractivity contribution in [2.24, 2.45) is 0 Å². The van der Waals surface area contributed by atoms with Crippen LogP contribution in [-0.2, 0) is 15.4 Å². The molecule has 1 aliphatic heterocycles. The number of rotatable bonds is 4. The highest BCUT2D eigenvalue weighted by molar-refractivity contribution is 7.89. The molecule has 2 aromatic rings. The lowest BCUT2D eigenvalue weighted by Crippen LogP contribution is -2.50. The highest BCUT2D eigenvalue weighted by atomic mass is 32.2. The van der Waals surface area contributed by atoms with Gasteiger partial charge in [0.15, 0.2) is 0 Å². The minimum atomic E-state index is -4.85. The van der Waals surface area contributed by atoms with Gasteiger partial charge in [-0.05, 0) is 31.2 Å². The third-order valence-corrected chi connectivity index (χ3v) is 8.34. The fourth-order valence-electron chi connectivity index (χ4n) is 3.15. The van der Waals surface area contributed by atoms with Gasteiger partial charge in [-0.15, -0.1) is 24.5 Å². The van der Waals surface area contributed by atoms with E-state index in [9.17, 15) is 26.4 Å². The second-order valence-electron chi connectivity index (χ2n) is 8.40. The van der Waals surface area contributed by atoms with E-state index in [4.69, 9.17) is 0 Å². The summed E-state index contributed by atoms with van der Waals surface area (Å²) >= 11 is 1.35. The number of hydrogen-bond acceptors (Lipinski definition) is 6. The van der Waals surface area contributed by atoms with Gasteiger partial charge in [-0.2, -0.15) is 4.31 Å². The summed E-state index contributed by atoms with van der Waals surface area (Å²) < 4.78 is 67.6. The van der Waals surface area contributed by atoms with Crippen LogP contribution in [0.5, 0.6) is 5.75 Å². The lowest BCUT2D eigenvalue weighted by Gasteiger charge is -2.33. The third kappa shape index (κ3) is 5.41. The Morgan fingerprint density at radius 3 is 2.09 bits per heavy atom. The van der Waals surface area contributed by atoms with Gasteiger partial charge in [0.05, 0.1) is 15.6 Å². The zero-order chi connectivity index (χ0) is 23.9. The van der Waals surface area contributed by atoms with Crippen molar-refractivity contribution in [1.29, 1.82) is 0 Å². The van der Waals surface area contributed by atoms with Crippen molar-refractivity contribution in [1.82, 2.24) is 14.2 Å². The van der Waals surface area contributed by atoms with Crippen LogP contribution >= 0.6 is 11.3 Å². The van der Waals surface area contributed by atoms with Gasteiger partial charge in [0.1, 0.15) is 10.6 Å². The van der Waals surface area contributed by atoms with Crippen LogP contribution in [0.15, 0.2) is 29.2 Å². The molecule has 176 valence electrons. The molecule has 0 aliphatic carbocycles. The Morgan fingerprint density at radius 1 is 1.06 bits per heavy atom. The second kappa shape index (κ2) is 8.64. The minimum absolute atomic E-state index is 0.0822. The van der Waals surface area contributed by atoms with Crippen molar-refractivity contribution in [3.63, 3.8) is 0 Å². The number of piperazine rings is 1. The summed E-state index contributed by atoms with van der Waals surface area (Å²) in [7, 11) is -3.91. The van der Waals surface area contributed by atoms with E-state index in [1.165, 1.54) is 15.6 Å². The molecule has 7 nitrogen and oxygen atoms in total. The topological polar surface area (TPSA) is 79.8 Å². The summed E-state index contributed by atoms with van der Waals surface area (Å²) in [5, 5.41) is 0.859. The summed E-state index contributed by atoms with van der Waals surface area (Å²) in [5.74, 6) is -0.678. The first-order valence-corrected chi connectivity index (χ1v) is 12.1. The molecule has 0 spiro atoms. The fourth-order valence-corrected chi connectivity index (χ4v) is 5.67. The van der Waals surface area contributed by atoms with Crippen molar-refractivity contribution >= 4 is 27.3 Å². The van der Waals surface area contributed by atoms with E-state index in [0.29, 0.717) is 10.6 Å². The van der Waals surface area contributed by atoms with Gasteiger partial charge < -0.3 is 9.64 Å². The van der Waals surface area contributed by atoms with Crippen LogP contribution in [0, 0.1) is 6.92 Å². The minimum Gasteiger partial charge on any atom is -0.406 e. The van der Waals surface area contributed by atoms with Crippen LogP contribution in [0.2, 0.25) is 0 Å². The van der Waals surface area contributed by atoms with E-state index in [-0.39, 0.29) is 42.4 Å². The van der Waals surface area contributed by atoms with Gasteiger partial charge in [-0.1, -0.05) is 20.8 Å². The van der Waals surface area contributed by atoms with Crippen molar-refractivity contribution < 1.29 is 31.1 Å². The number of hydrogen-bond donors (Lipinski definition) is 0. The van der Waals surface area contributed by atoms with Gasteiger partial charge in [0, 0.05) is 31.6 Å². The molecule has 0 radical (unpaired) electrons. The van der Waals surface area contributed by atoms with Crippen LogP contribution in [-0.4, -0.2) is 61.1 Å². The van der Waals surface area contributed by atoms with Crippen LogP contribution < -0.4 is 4.74 Å². The van der Waals surface area contributed by atoms with E-state index < -0.39 is 22.1 Å². The number of carbonyl (C=O) groups excluding carboxylic acids is 1. The molecule has 0 saturated carbocycles. The maximum atomic E-state index is 13.0. The average Bonchev–Trinajstić information content (AvgIpc) is 3.09. The molecule has 1 aromatic carbocycles. The first-order chi connectivity index (χ1) is 14.7. The fraction of sp³-hybridized carbons (Fsp3) is 0.500. The normalized spacial score (nSPS) is 16.3. The number of aromatic nitrogens is 1. The number of aryl methyl sites for hydroxylation is 1. The number of halogens is 3. The Morgan fingerprint density at radius 2 is 1.62 bits per heavy atom. The second-order valence-corrected chi connectivity index (χ2v) is 11.3. The van der Waals surface area contributed by atoms with Gasteiger partial charge in [-0.25, -0.2) is 13.4 Å². The number of thiazole rings is 1. The third-order valence-electron chi connectivity index (χ3n) is 4.85. The number of ether oxygens (including phenoxy) is 1. The van der Waals surface area contributed by atoms with Gasteiger partial charge in [-0.3, -0.25) is 4.79 Å². The molecular weight excluding hydrogens is 467 g/mol. The van der Waals surface area contributed by atoms with E-state index in [1.54, 1.807) is 11.8 Å². The Kier molecular flexibility index (Phi) is 6.60. The molecule has 0 N–H and O–H groups in total. The Bertz CT molecular complexity index is 1080. The first-order valence-electron chi connectivity index (χ1n) is 9.81. The van der Waals surface area contributed by atoms with E-state index >= 15 is 0 Å². The largest absolute Gasteiger partial charge is 0.573 e. The van der Waals surface area contributed by atoms with E-state index in [2.05, 4.69) is 9.72 Å². The molecule has 1 fully saturated rings. The number of carbonyl (C=O) groups is 1. The smallest absolute Gasteiger partial charge is 0.406 e. The predicted molar refractivity (Wildman–Crippen MR) is 113 cm³/mol. The molecule has 0 unspecified atom stereocenters. The maximum absolute atomic E-state index is 13.0. The highest BCUT2D eigenvalue weighted by Gasteiger charge is 2.34. The standard InChI is InChI=1S/C20H24F3N3O4S2/c1-13-16(31-18(24-13)19(2,3)4)17(27)25-9-11-26(12-10-25)32(28,29)15-7-5-14(6-8-15)30-20(21,22)23/h5-8H,9-12H2,1-4H3. The lowest BCUT2D eigenvalue weighted by atomic mass is 9.98. The van der Waals surface area contributed by atoms with E-state index in [1.807, 2.05) is 20.8 Å². The van der Waals surface area contributed by atoms with Crippen molar-refractivity contribution in [2.45, 2.75) is 44.4 Å². The Labute approximate surface area is 188 Å². The van der Waals surface area contributed by atoms with Crippen LogP contribution in [0.4, 0.5) is 13.2 Å². The Hall–Kier alpha value is -2.18. The zero-order valence-electron chi connectivity index (χ0n) is 18.1. The molecule has 32 heavy (non-hydrogen) atoms. The zero-order valence-corrected chi connectivity index (χ0v) is 19.7. The van der Waals surface area contributed by atoms with Crippen LogP contribution in [0.3, 0.4) is 0 Å². The van der Waals surface area contributed by atoms with Gasteiger partial charge in [0.2, 0.25) is 10.0 Å². The number of alkyl halides is 3. The van der Waals surface area contributed by atoms with E-state index in [0.717, 1.165) is 29.3 Å². The van der Waals surface area contributed by atoms with Crippen LogP contribution in [0.25, 0.3) is 0 Å². The molecule has 2 heterocycles. The molecule has 1 amide bonds. The summed E-state index contributed by atoms with van der Waals surface area (Å²) in [6.45, 7) is 8.41. The van der Waals surface area contributed by atoms with Gasteiger partial charge >= 0.3 is 6.36 Å². The maximum Gasteiger partial charge on any atom is 0.573 e. The number of amides is 1.